The molecule has 0 aliphatic heterocycles. The molecule has 0 unspecified atom stereocenters. The first-order valence-electron chi connectivity index (χ1n) is 5.05. The van der Waals surface area contributed by atoms with Crippen LogP contribution < -0.4 is 10.5 Å². The third-order valence-corrected chi connectivity index (χ3v) is 3.01. The summed E-state index contributed by atoms with van der Waals surface area (Å²) in [7, 11) is 0. The fraction of sp³-hybridized carbons (Fsp3) is 0.250. The molecule has 0 aliphatic rings. The number of aryl methyl sites for hydroxylation is 2. The van der Waals surface area contributed by atoms with Gasteiger partial charge in [-0.2, -0.15) is 0 Å². The van der Waals surface area contributed by atoms with E-state index in [9.17, 15) is 0 Å². The van der Waals surface area contributed by atoms with Gasteiger partial charge in [-0.05, 0) is 31.0 Å². The van der Waals surface area contributed by atoms with E-state index >= 15 is 0 Å². The molecule has 16 heavy (non-hydrogen) atoms. The molecule has 0 fully saturated rings. The van der Waals surface area contributed by atoms with Gasteiger partial charge in [0.1, 0.15) is 12.4 Å². The first-order chi connectivity index (χ1) is 7.65. The number of aromatic nitrogens is 1. The lowest BCUT2D eigenvalue weighted by atomic mass is 10.1. The number of thiazole rings is 1. The van der Waals surface area contributed by atoms with Crippen LogP contribution in [-0.2, 0) is 6.61 Å². The van der Waals surface area contributed by atoms with Gasteiger partial charge in [-0.3, -0.25) is 0 Å². The molecule has 0 atom stereocenters. The molecule has 2 aromatic rings. The van der Waals surface area contributed by atoms with Crippen LogP contribution in [0.2, 0.25) is 0 Å². The van der Waals surface area contributed by atoms with E-state index in [2.05, 4.69) is 17.1 Å². The van der Waals surface area contributed by atoms with Crippen molar-refractivity contribution in [2.24, 2.45) is 0 Å². The largest absolute Gasteiger partial charge is 0.487 e. The number of anilines is 1. The first-order valence-corrected chi connectivity index (χ1v) is 5.93. The predicted molar refractivity (Wildman–Crippen MR) is 66.8 cm³/mol. The van der Waals surface area contributed by atoms with Crippen molar-refractivity contribution >= 4 is 16.5 Å². The summed E-state index contributed by atoms with van der Waals surface area (Å²) in [5.41, 5.74) is 8.76. The minimum Gasteiger partial charge on any atom is -0.487 e. The highest BCUT2D eigenvalue weighted by Gasteiger charge is 2.03. The number of nitrogens with two attached hydrogens (primary N) is 1. The molecule has 1 aromatic heterocycles. The predicted octanol–water partition coefficient (Wildman–Crippen LogP) is 2.92. The van der Waals surface area contributed by atoms with E-state index < -0.39 is 0 Å². The number of benzene rings is 1. The van der Waals surface area contributed by atoms with Crippen molar-refractivity contribution in [2.75, 3.05) is 5.73 Å². The number of nitrogen functional groups attached to an aromatic ring is 1. The van der Waals surface area contributed by atoms with Crippen molar-refractivity contribution in [1.82, 2.24) is 4.98 Å². The fourth-order valence-corrected chi connectivity index (χ4v) is 1.95. The normalized spacial score (nSPS) is 10.4. The zero-order chi connectivity index (χ0) is 11.5. The van der Waals surface area contributed by atoms with Crippen molar-refractivity contribution in [3.05, 3.63) is 40.4 Å². The van der Waals surface area contributed by atoms with Gasteiger partial charge in [0, 0.05) is 5.38 Å². The third-order valence-electron chi connectivity index (χ3n) is 2.29. The van der Waals surface area contributed by atoms with Crippen molar-refractivity contribution in [3.63, 3.8) is 0 Å². The Morgan fingerprint density at radius 3 is 2.88 bits per heavy atom. The zero-order valence-electron chi connectivity index (χ0n) is 9.36. The Hall–Kier alpha value is -1.55. The van der Waals surface area contributed by atoms with Gasteiger partial charge in [0.05, 0.1) is 5.69 Å². The summed E-state index contributed by atoms with van der Waals surface area (Å²) in [4.78, 5) is 4.15. The average molecular weight is 234 g/mol. The van der Waals surface area contributed by atoms with Gasteiger partial charge in [0.25, 0.3) is 0 Å². The Balaban J connectivity index is 2.07. The number of nitrogens with zero attached hydrogens (tertiary/aromatic N) is 1. The molecule has 0 aliphatic carbocycles. The maximum atomic E-state index is 5.71. The fourth-order valence-electron chi connectivity index (χ4n) is 1.40. The van der Waals surface area contributed by atoms with Crippen molar-refractivity contribution in [2.45, 2.75) is 20.5 Å². The van der Waals surface area contributed by atoms with Gasteiger partial charge in [-0.1, -0.05) is 12.1 Å². The van der Waals surface area contributed by atoms with E-state index in [4.69, 9.17) is 10.5 Å². The molecule has 0 amide bonds. The van der Waals surface area contributed by atoms with Crippen LogP contribution in [-0.4, -0.2) is 4.98 Å². The first kappa shape index (κ1) is 11.0. The van der Waals surface area contributed by atoms with Crippen LogP contribution >= 0.6 is 11.3 Å². The smallest absolute Gasteiger partial charge is 0.180 e. The Bertz CT molecular complexity index is 494. The zero-order valence-corrected chi connectivity index (χ0v) is 10.2. The molecule has 0 saturated carbocycles. The van der Waals surface area contributed by atoms with Gasteiger partial charge >= 0.3 is 0 Å². The van der Waals surface area contributed by atoms with Gasteiger partial charge in [-0.15, -0.1) is 11.3 Å². The molecule has 0 spiro atoms. The van der Waals surface area contributed by atoms with Gasteiger partial charge in [0.15, 0.2) is 5.13 Å². The van der Waals surface area contributed by atoms with Crippen LogP contribution in [0.15, 0.2) is 23.6 Å². The molecule has 2 N–H and O–H groups in total. The van der Waals surface area contributed by atoms with E-state index in [0.717, 1.165) is 17.0 Å². The molecular formula is C12H14N2OS. The Morgan fingerprint density at radius 1 is 1.38 bits per heavy atom. The lowest BCUT2D eigenvalue weighted by Gasteiger charge is -2.08. The number of hydrogen-bond acceptors (Lipinski definition) is 4. The van der Waals surface area contributed by atoms with E-state index in [0.29, 0.717) is 11.7 Å². The second-order valence-electron chi connectivity index (χ2n) is 3.73. The standard InChI is InChI=1S/C12H14N2OS/c1-8-3-4-9(2)11(5-8)15-6-10-7-16-12(13)14-10/h3-5,7H,6H2,1-2H3,(H2,13,14). The van der Waals surface area contributed by atoms with E-state index in [1.807, 2.05) is 25.3 Å². The molecule has 0 saturated heterocycles. The Kier molecular flexibility index (Phi) is 3.10. The summed E-state index contributed by atoms with van der Waals surface area (Å²) in [6.45, 7) is 4.55. The van der Waals surface area contributed by atoms with Crippen LogP contribution in [0.3, 0.4) is 0 Å². The van der Waals surface area contributed by atoms with Gasteiger partial charge in [-0.25, -0.2) is 4.98 Å². The van der Waals surface area contributed by atoms with Crippen LogP contribution in [0.4, 0.5) is 5.13 Å². The number of ether oxygens (including phenoxy) is 1. The van der Waals surface area contributed by atoms with E-state index in [1.165, 1.54) is 16.9 Å². The van der Waals surface area contributed by atoms with E-state index in [1.54, 1.807) is 0 Å². The van der Waals surface area contributed by atoms with Gasteiger partial charge < -0.3 is 10.5 Å². The van der Waals surface area contributed by atoms with Crippen LogP contribution in [0.5, 0.6) is 5.75 Å². The molecule has 2 rings (SSSR count). The summed E-state index contributed by atoms with van der Waals surface area (Å²) >= 11 is 1.43. The van der Waals surface area contributed by atoms with Crippen LogP contribution in [0.25, 0.3) is 0 Å². The molecule has 1 aromatic carbocycles. The van der Waals surface area contributed by atoms with Crippen LogP contribution in [0.1, 0.15) is 16.8 Å². The Morgan fingerprint density at radius 2 is 2.19 bits per heavy atom. The summed E-state index contributed by atoms with van der Waals surface area (Å²) in [5, 5.41) is 2.50. The molecule has 0 bridgehead atoms. The lowest BCUT2D eigenvalue weighted by molar-refractivity contribution is 0.300. The second-order valence-corrected chi connectivity index (χ2v) is 4.62. The Labute approximate surface area is 98.9 Å². The van der Waals surface area contributed by atoms with Crippen molar-refractivity contribution < 1.29 is 4.74 Å². The maximum Gasteiger partial charge on any atom is 0.180 e. The highest BCUT2D eigenvalue weighted by atomic mass is 32.1. The topological polar surface area (TPSA) is 48.1 Å². The lowest BCUT2D eigenvalue weighted by Crippen LogP contribution is -1.98. The summed E-state index contributed by atoms with van der Waals surface area (Å²) < 4.78 is 5.71. The molecule has 4 heteroatoms. The summed E-state index contributed by atoms with van der Waals surface area (Å²) in [6.07, 6.45) is 0. The van der Waals surface area contributed by atoms with Crippen LogP contribution in [0, 0.1) is 13.8 Å². The summed E-state index contributed by atoms with van der Waals surface area (Å²) in [6, 6.07) is 6.16. The second kappa shape index (κ2) is 4.53. The number of rotatable bonds is 3. The van der Waals surface area contributed by atoms with E-state index in [-0.39, 0.29) is 0 Å². The monoisotopic (exact) mass is 234 g/mol. The van der Waals surface area contributed by atoms with Crippen molar-refractivity contribution in [3.8, 4) is 5.75 Å². The molecule has 1 heterocycles. The average Bonchev–Trinajstić information content (AvgIpc) is 2.66. The SMILES string of the molecule is Cc1ccc(C)c(OCc2csc(N)n2)c1. The van der Waals surface area contributed by atoms with Crippen molar-refractivity contribution in [1.29, 1.82) is 0 Å². The molecule has 84 valence electrons. The summed E-state index contributed by atoms with van der Waals surface area (Å²) in [5.74, 6) is 0.909. The highest BCUT2D eigenvalue weighted by Crippen LogP contribution is 2.21. The maximum absolute atomic E-state index is 5.71. The van der Waals surface area contributed by atoms with Gasteiger partial charge in [0.2, 0.25) is 0 Å². The quantitative estimate of drug-likeness (QED) is 0.888. The molecule has 3 nitrogen and oxygen atoms in total. The third kappa shape index (κ3) is 2.52. The highest BCUT2D eigenvalue weighted by molar-refractivity contribution is 7.13. The molecule has 0 radical (unpaired) electrons. The minimum atomic E-state index is 0.470. The number of hydrogen-bond donors (Lipinski definition) is 1. The minimum absolute atomic E-state index is 0.470. The molecular weight excluding hydrogens is 220 g/mol.